The molecule has 0 atom stereocenters. The maximum atomic E-state index is 12.6. The monoisotopic (exact) mass is 269 g/mol. The van der Waals surface area contributed by atoms with Crippen molar-refractivity contribution >= 4 is 29.2 Å². The standard InChI is InChI=1S/C9H7Cl2F2NO2/c1-16-6(15)2-4-7(11)5(10)3-14-8(4)9(12)13/h3,9H,2H2,1H3. The fraction of sp³-hybridized carbons (Fsp3) is 0.333. The highest BCUT2D eigenvalue weighted by molar-refractivity contribution is 6.42. The van der Waals surface area contributed by atoms with Gasteiger partial charge in [0, 0.05) is 11.8 Å². The van der Waals surface area contributed by atoms with E-state index in [1.165, 1.54) is 0 Å². The number of carbonyl (C=O) groups excluding carboxylic acids is 1. The molecular formula is C9H7Cl2F2NO2. The van der Waals surface area contributed by atoms with Gasteiger partial charge >= 0.3 is 5.97 Å². The molecule has 0 bridgehead atoms. The molecule has 0 radical (unpaired) electrons. The molecule has 0 spiro atoms. The van der Waals surface area contributed by atoms with Gasteiger partial charge in [0.1, 0.15) is 5.69 Å². The van der Waals surface area contributed by atoms with Crippen LogP contribution in [-0.2, 0) is 16.0 Å². The number of pyridine rings is 1. The Hall–Kier alpha value is -0.940. The number of hydrogen-bond donors (Lipinski definition) is 0. The maximum Gasteiger partial charge on any atom is 0.310 e. The molecule has 0 saturated carbocycles. The van der Waals surface area contributed by atoms with Gasteiger partial charge in [-0.25, -0.2) is 8.78 Å². The number of ether oxygens (including phenoxy) is 1. The molecule has 0 fully saturated rings. The molecule has 0 aromatic carbocycles. The van der Waals surface area contributed by atoms with Gasteiger partial charge in [-0.15, -0.1) is 0 Å². The van der Waals surface area contributed by atoms with E-state index >= 15 is 0 Å². The third-order valence-electron chi connectivity index (χ3n) is 1.86. The van der Waals surface area contributed by atoms with E-state index in [0.29, 0.717) is 0 Å². The van der Waals surface area contributed by atoms with Crippen molar-refractivity contribution in [1.82, 2.24) is 4.98 Å². The fourth-order valence-corrected chi connectivity index (χ4v) is 1.47. The molecular weight excluding hydrogens is 263 g/mol. The molecule has 0 aliphatic heterocycles. The van der Waals surface area contributed by atoms with Crippen molar-refractivity contribution < 1.29 is 18.3 Å². The summed E-state index contributed by atoms with van der Waals surface area (Å²) < 4.78 is 29.5. The van der Waals surface area contributed by atoms with Crippen LogP contribution in [0.5, 0.6) is 0 Å². The van der Waals surface area contributed by atoms with Gasteiger partial charge in [-0.1, -0.05) is 23.2 Å². The number of nitrogens with zero attached hydrogens (tertiary/aromatic N) is 1. The van der Waals surface area contributed by atoms with E-state index in [4.69, 9.17) is 23.2 Å². The molecule has 0 unspecified atom stereocenters. The average Bonchev–Trinajstić information content (AvgIpc) is 2.24. The second-order valence-electron chi connectivity index (χ2n) is 2.84. The summed E-state index contributed by atoms with van der Waals surface area (Å²) in [5.41, 5.74) is -0.657. The second-order valence-corrected chi connectivity index (χ2v) is 3.62. The van der Waals surface area contributed by atoms with Gasteiger partial charge in [-0.3, -0.25) is 9.78 Å². The Labute approximate surface area is 100 Å². The van der Waals surface area contributed by atoms with E-state index in [1.54, 1.807) is 0 Å². The Kier molecular flexibility index (Phi) is 4.44. The van der Waals surface area contributed by atoms with Crippen molar-refractivity contribution in [3.63, 3.8) is 0 Å². The lowest BCUT2D eigenvalue weighted by atomic mass is 10.1. The maximum absolute atomic E-state index is 12.6. The Morgan fingerprint density at radius 3 is 2.69 bits per heavy atom. The van der Waals surface area contributed by atoms with Crippen molar-refractivity contribution in [2.75, 3.05) is 7.11 Å². The third kappa shape index (κ3) is 2.80. The van der Waals surface area contributed by atoms with Crippen LogP contribution in [0.2, 0.25) is 10.0 Å². The van der Waals surface area contributed by atoms with Crippen molar-refractivity contribution in [3.05, 3.63) is 27.5 Å². The zero-order chi connectivity index (χ0) is 12.3. The van der Waals surface area contributed by atoms with Gasteiger partial charge in [0.05, 0.1) is 23.6 Å². The topological polar surface area (TPSA) is 39.2 Å². The highest BCUT2D eigenvalue weighted by Gasteiger charge is 2.21. The first-order chi connectivity index (χ1) is 7.47. The van der Waals surface area contributed by atoms with Gasteiger partial charge in [0.15, 0.2) is 0 Å². The first-order valence-electron chi connectivity index (χ1n) is 4.15. The molecule has 7 heteroatoms. The molecule has 1 rings (SSSR count). The normalized spacial score (nSPS) is 10.6. The zero-order valence-corrected chi connectivity index (χ0v) is 9.65. The number of alkyl halides is 2. The molecule has 0 N–H and O–H groups in total. The van der Waals surface area contributed by atoms with Crippen LogP contribution in [0.4, 0.5) is 8.78 Å². The van der Waals surface area contributed by atoms with Crippen LogP contribution in [-0.4, -0.2) is 18.1 Å². The first-order valence-corrected chi connectivity index (χ1v) is 4.90. The molecule has 88 valence electrons. The van der Waals surface area contributed by atoms with Crippen LogP contribution in [0, 0.1) is 0 Å². The minimum absolute atomic E-state index is 0.0185. The van der Waals surface area contributed by atoms with E-state index in [0.717, 1.165) is 13.3 Å². The first kappa shape index (κ1) is 13.1. The summed E-state index contributed by atoms with van der Waals surface area (Å²) in [7, 11) is 1.15. The van der Waals surface area contributed by atoms with Gasteiger partial charge in [0.2, 0.25) is 0 Å². The average molecular weight is 270 g/mol. The SMILES string of the molecule is COC(=O)Cc1c(C(F)F)ncc(Cl)c1Cl. The molecule has 16 heavy (non-hydrogen) atoms. The molecule has 0 aliphatic rings. The molecule has 1 aromatic heterocycles. The molecule has 0 amide bonds. The summed E-state index contributed by atoms with van der Waals surface area (Å²) in [6.45, 7) is 0. The minimum Gasteiger partial charge on any atom is -0.469 e. The van der Waals surface area contributed by atoms with Crippen molar-refractivity contribution in [1.29, 1.82) is 0 Å². The molecule has 1 aromatic rings. The van der Waals surface area contributed by atoms with E-state index in [-0.39, 0.29) is 22.0 Å². The van der Waals surface area contributed by atoms with Crippen LogP contribution in [0.25, 0.3) is 0 Å². The Morgan fingerprint density at radius 1 is 1.56 bits per heavy atom. The smallest absolute Gasteiger partial charge is 0.310 e. The summed E-state index contributed by atoms with van der Waals surface area (Å²) >= 11 is 11.4. The van der Waals surface area contributed by atoms with Crippen LogP contribution in [0.1, 0.15) is 17.7 Å². The number of hydrogen-bond acceptors (Lipinski definition) is 3. The second kappa shape index (κ2) is 5.41. The Balaban J connectivity index is 3.20. The largest absolute Gasteiger partial charge is 0.469 e. The summed E-state index contributed by atoms with van der Waals surface area (Å²) in [6.07, 6.45) is -2.19. The quantitative estimate of drug-likeness (QED) is 0.792. The summed E-state index contributed by atoms with van der Waals surface area (Å²) in [5, 5.41) is -0.0812. The summed E-state index contributed by atoms with van der Waals surface area (Å²) in [4.78, 5) is 14.5. The number of aromatic nitrogens is 1. The highest BCUT2D eigenvalue weighted by Crippen LogP contribution is 2.32. The van der Waals surface area contributed by atoms with Crippen LogP contribution in [0.15, 0.2) is 6.20 Å². The molecule has 1 heterocycles. The van der Waals surface area contributed by atoms with Crippen molar-refractivity contribution in [3.8, 4) is 0 Å². The predicted molar refractivity (Wildman–Crippen MR) is 54.9 cm³/mol. The van der Waals surface area contributed by atoms with E-state index in [1.807, 2.05) is 0 Å². The lowest BCUT2D eigenvalue weighted by Gasteiger charge is -2.09. The fourth-order valence-electron chi connectivity index (χ4n) is 1.09. The number of halogens is 4. The Bertz CT molecular complexity index is 413. The molecule has 0 aliphatic carbocycles. The summed E-state index contributed by atoms with van der Waals surface area (Å²) in [5.74, 6) is -0.687. The minimum atomic E-state index is -2.82. The lowest BCUT2D eigenvalue weighted by Crippen LogP contribution is -2.09. The van der Waals surface area contributed by atoms with Crippen molar-refractivity contribution in [2.45, 2.75) is 12.8 Å². The number of methoxy groups -OCH3 is 1. The van der Waals surface area contributed by atoms with Crippen LogP contribution >= 0.6 is 23.2 Å². The van der Waals surface area contributed by atoms with Gasteiger partial charge < -0.3 is 4.74 Å². The predicted octanol–water partition coefficient (Wildman–Crippen LogP) is 3.04. The van der Waals surface area contributed by atoms with Crippen LogP contribution < -0.4 is 0 Å². The van der Waals surface area contributed by atoms with Crippen molar-refractivity contribution in [2.24, 2.45) is 0 Å². The van der Waals surface area contributed by atoms with Crippen LogP contribution in [0.3, 0.4) is 0 Å². The number of rotatable bonds is 3. The lowest BCUT2D eigenvalue weighted by molar-refractivity contribution is -0.139. The zero-order valence-electron chi connectivity index (χ0n) is 8.14. The number of carbonyl (C=O) groups is 1. The van der Waals surface area contributed by atoms with E-state index in [9.17, 15) is 13.6 Å². The van der Waals surface area contributed by atoms with Gasteiger partial charge in [0.25, 0.3) is 6.43 Å². The Morgan fingerprint density at radius 2 is 2.19 bits per heavy atom. The van der Waals surface area contributed by atoms with Gasteiger partial charge in [-0.2, -0.15) is 0 Å². The van der Waals surface area contributed by atoms with E-state index in [2.05, 4.69) is 9.72 Å². The highest BCUT2D eigenvalue weighted by atomic mass is 35.5. The molecule has 0 saturated heterocycles. The summed E-state index contributed by atoms with van der Waals surface area (Å²) in [6, 6.07) is 0. The molecule has 3 nitrogen and oxygen atoms in total. The third-order valence-corrected chi connectivity index (χ3v) is 2.67. The van der Waals surface area contributed by atoms with Gasteiger partial charge in [-0.05, 0) is 0 Å². The van der Waals surface area contributed by atoms with E-state index < -0.39 is 18.1 Å². The number of esters is 1.